The lowest BCUT2D eigenvalue weighted by atomic mass is 10.2. The molecule has 0 saturated heterocycles. The molecule has 5 heteroatoms. The average molecular weight is 301 g/mol. The van der Waals surface area contributed by atoms with Crippen molar-refractivity contribution in [3.63, 3.8) is 0 Å². The highest BCUT2D eigenvalue weighted by molar-refractivity contribution is 6.42. The van der Waals surface area contributed by atoms with Crippen LogP contribution in [0.4, 0.5) is 5.69 Å². The van der Waals surface area contributed by atoms with E-state index in [1.54, 1.807) is 18.2 Å². The molecule has 0 bridgehead atoms. The van der Waals surface area contributed by atoms with Gasteiger partial charge in [-0.2, -0.15) is 0 Å². The molecule has 1 aliphatic heterocycles. The summed E-state index contributed by atoms with van der Waals surface area (Å²) in [6.07, 6.45) is -0.270. The Kier molecular flexibility index (Phi) is 3.02. The molecule has 1 atom stereocenters. The first kappa shape index (κ1) is 12.0. The van der Waals surface area contributed by atoms with E-state index in [1.165, 1.54) is 0 Å². The summed E-state index contributed by atoms with van der Waals surface area (Å²) in [7, 11) is 0. The van der Waals surface area contributed by atoms with Gasteiger partial charge in [-0.05, 0) is 30.3 Å². The Morgan fingerprint density at radius 3 is 2.56 bits per heavy atom. The zero-order chi connectivity index (χ0) is 12.7. The van der Waals surface area contributed by atoms with E-state index in [0.717, 1.165) is 17.0 Å². The van der Waals surface area contributed by atoms with E-state index in [0.29, 0.717) is 15.1 Å². The van der Waals surface area contributed by atoms with Gasteiger partial charge in [0.25, 0.3) is 0 Å². The summed E-state index contributed by atoms with van der Waals surface area (Å²) in [5.74, 6) is 0.774. The zero-order valence-electron chi connectivity index (χ0n) is 9.08. The van der Waals surface area contributed by atoms with E-state index >= 15 is 0 Å². The number of fused-ring (bicyclic) bond motifs is 1. The fourth-order valence-electron chi connectivity index (χ4n) is 1.84. The smallest absolute Gasteiger partial charge is 0.196 e. The molecule has 3 rings (SSSR count). The van der Waals surface area contributed by atoms with Crippen LogP contribution in [0.15, 0.2) is 36.4 Å². The number of ether oxygens (including phenoxy) is 1. The summed E-state index contributed by atoms with van der Waals surface area (Å²) in [6.45, 7) is 0. The average Bonchev–Trinajstić information content (AvgIpc) is 2.75. The van der Waals surface area contributed by atoms with Crippen LogP contribution in [0, 0.1) is 0 Å². The van der Waals surface area contributed by atoms with Gasteiger partial charge in [-0.1, -0.05) is 40.9 Å². The molecule has 0 amide bonds. The van der Waals surface area contributed by atoms with Gasteiger partial charge < -0.3 is 10.1 Å². The number of anilines is 1. The molecule has 1 heterocycles. The van der Waals surface area contributed by atoms with Crippen molar-refractivity contribution in [3.8, 4) is 5.75 Å². The minimum Gasteiger partial charge on any atom is -0.464 e. The van der Waals surface area contributed by atoms with Crippen LogP contribution in [0.2, 0.25) is 15.1 Å². The molecule has 0 aliphatic carbocycles. The normalized spacial score (nSPS) is 16.9. The monoisotopic (exact) mass is 299 g/mol. The predicted molar refractivity (Wildman–Crippen MR) is 74.9 cm³/mol. The van der Waals surface area contributed by atoms with E-state index < -0.39 is 0 Å². The highest BCUT2D eigenvalue weighted by atomic mass is 35.5. The van der Waals surface area contributed by atoms with Gasteiger partial charge in [0, 0.05) is 10.6 Å². The topological polar surface area (TPSA) is 21.3 Å². The molecular formula is C13H8Cl3NO. The summed E-state index contributed by atoms with van der Waals surface area (Å²) in [4.78, 5) is 0. The van der Waals surface area contributed by atoms with E-state index in [1.807, 2.05) is 18.2 Å². The molecule has 0 unspecified atom stereocenters. The third-order valence-electron chi connectivity index (χ3n) is 2.72. The second kappa shape index (κ2) is 4.54. The quantitative estimate of drug-likeness (QED) is 0.786. The van der Waals surface area contributed by atoms with Gasteiger partial charge in [0.2, 0.25) is 0 Å². The molecule has 0 radical (unpaired) electrons. The maximum absolute atomic E-state index is 5.99. The maximum atomic E-state index is 5.99. The fraction of sp³-hybridized carbons (Fsp3) is 0.0769. The van der Waals surface area contributed by atoms with E-state index in [2.05, 4.69) is 5.32 Å². The van der Waals surface area contributed by atoms with Crippen LogP contribution in [0.1, 0.15) is 11.8 Å². The van der Waals surface area contributed by atoms with Crippen molar-refractivity contribution < 1.29 is 4.74 Å². The number of benzene rings is 2. The van der Waals surface area contributed by atoms with Crippen LogP contribution in [0.25, 0.3) is 0 Å². The number of rotatable bonds is 1. The summed E-state index contributed by atoms with van der Waals surface area (Å²) in [5, 5.41) is 4.93. The lowest BCUT2D eigenvalue weighted by Crippen LogP contribution is -2.09. The number of hydrogen-bond donors (Lipinski definition) is 1. The first-order chi connectivity index (χ1) is 8.63. The Hall–Kier alpha value is -1.09. The number of nitrogens with one attached hydrogen (secondary N) is 1. The molecule has 1 aliphatic rings. The molecule has 0 saturated carbocycles. The fourth-order valence-corrected chi connectivity index (χ4v) is 2.32. The van der Waals surface area contributed by atoms with Crippen LogP contribution < -0.4 is 10.1 Å². The summed E-state index contributed by atoms with van der Waals surface area (Å²) >= 11 is 17.8. The van der Waals surface area contributed by atoms with Crippen LogP contribution in [0.3, 0.4) is 0 Å². The molecule has 2 nitrogen and oxygen atoms in total. The second-order valence-corrected chi connectivity index (χ2v) is 5.21. The Labute approximate surface area is 119 Å². The second-order valence-electron chi connectivity index (χ2n) is 3.96. The van der Waals surface area contributed by atoms with Crippen molar-refractivity contribution in [3.05, 3.63) is 57.0 Å². The van der Waals surface area contributed by atoms with E-state index in [9.17, 15) is 0 Å². The van der Waals surface area contributed by atoms with Crippen molar-refractivity contribution in [2.24, 2.45) is 0 Å². The van der Waals surface area contributed by atoms with Crippen molar-refractivity contribution in [2.45, 2.75) is 6.23 Å². The summed E-state index contributed by atoms with van der Waals surface area (Å²) in [5.41, 5.74) is 1.79. The summed E-state index contributed by atoms with van der Waals surface area (Å²) < 4.78 is 5.77. The molecule has 0 aromatic heterocycles. The molecule has 2 aromatic carbocycles. The Bertz CT molecular complexity index is 615. The van der Waals surface area contributed by atoms with Crippen molar-refractivity contribution in [1.29, 1.82) is 0 Å². The third kappa shape index (κ3) is 2.12. The first-order valence-corrected chi connectivity index (χ1v) is 6.44. The molecule has 1 N–H and O–H groups in total. The Balaban J connectivity index is 1.91. The van der Waals surface area contributed by atoms with Crippen LogP contribution >= 0.6 is 34.8 Å². The SMILES string of the molecule is Clc1ccc2c(c1)N[C@@H](c1ccc(Cl)c(Cl)c1)O2. The lowest BCUT2D eigenvalue weighted by Gasteiger charge is -2.12. The maximum Gasteiger partial charge on any atom is 0.196 e. The Morgan fingerprint density at radius 1 is 0.944 bits per heavy atom. The molecule has 0 fully saturated rings. The van der Waals surface area contributed by atoms with Gasteiger partial charge >= 0.3 is 0 Å². The molecule has 2 aromatic rings. The van der Waals surface area contributed by atoms with Gasteiger partial charge in [0.1, 0.15) is 5.75 Å². The van der Waals surface area contributed by atoms with E-state index in [4.69, 9.17) is 39.5 Å². The standard InChI is InChI=1S/C13H8Cl3NO/c14-8-2-4-12-11(6-8)17-13(18-12)7-1-3-9(15)10(16)5-7/h1-6,13,17H/t13-/m1/s1. The van der Waals surface area contributed by atoms with Crippen LogP contribution in [-0.2, 0) is 0 Å². The van der Waals surface area contributed by atoms with Crippen LogP contribution in [0.5, 0.6) is 5.75 Å². The molecule has 18 heavy (non-hydrogen) atoms. The summed E-state index contributed by atoms with van der Waals surface area (Å²) in [6, 6.07) is 10.9. The molecule has 0 spiro atoms. The van der Waals surface area contributed by atoms with Crippen molar-refractivity contribution >= 4 is 40.5 Å². The van der Waals surface area contributed by atoms with Crippen molar-refractivity contribution in [1.82, 2.24) is 0 Å². The lowest BCUT2D eigenvalue weighted by molar-refractivity contribution is 0.260. The van der Waals surface area contributed by atoms with Gasteiger partial charge in [-0.15, -0.1) is 0 Å². The third-order valence-corrected chi connectivity index (χ3v) is 3.69. The number of hydrogen-bond acceptors (Lipinski definition) is 2. The van der Waals surface area contributed by atoms with Gasteiger partial charge in [-0.3, -0.25) is 0 Å². The van der Waals surface area contributed by atoms with Gasteiger partial charge in [-0.25, -0.2) is 0 Å². The van der Waals surface area contributed by atoms with Crippen molar-refractivity contribution in [2.75, 3.05) is 5.32 Å². The Morgan fingerprint density at radius 2 is 1.78 bits per heavy atom. The largest absolute Gasteiger partial charge is 0.464 e. The van der Waals surface area contributed by atoms with Gasteiger partial charge in [0.15, 0.2) is 6.23 Å². The highest BCUT2D eigenvalue weighted by Crippen LogP contribution is 2.40. The number of halogens is 3. The van der Waals surface area contributed by atoms with Gasteiger partial charge in [0.05, 0.1) is 15.7 Å². The highest BCUT2D eigenvalue weighted by Gasteiger charge is 2.23. The predicted octanol–water partition coefficient (Wildman–Crippen LogP) is 5.15. The zero-order valence-corrected chi connectivity index (χ0v) is 11.4. The first-order valence-electron chi connectivity index (χ1n) is 5.31. The molecule has 92 valence electrons. The minimum absolute atomic E-state index is 0.270. The van der Waals surface area contributed by atoms with E-state index in [-0.39, 0.29) is 6.23 Å². The van der Waals surface area contributed by atoms with Crippen LogP contribution in [-0.4, -0.2) is 0 Å². The molecular weight excluding hydrogens is 293 g/mol. The minimum atomic E-state index is -0.270.